The normalized spacial score (nSPS) is 12.8. The third-order valence-corrected chi connectivity index (χ3v) is 2.96. The topological polar surface area (TPSA) is 66.3 Å². The minimum atomic E-state index is -0.842. The molecule has 0 bridgehead atoms. The van der Waals surface area contributed by atoms with Crippen molar-refractivity contribution >= 4 is 5.97 Å². The first-order valence-electron chi connectivity index (χ1n) is 6.04. The maximum absolute atomic E-state index is 11.0. The Morgan fingerprint density at radius 2 is 1.78 bits per heavy atom. The molecule has 5 heteroatoms. The van der Waals surface area contributed by atoms with Gasteiger partial charge in [-0.15, -0.1) is 0 Å². The summed E-state index contributed by atoms with van der Waals surface area (Å²) in [6, 6.07) is 0. The summed E-state index contributed by atoms with van der Waals surface area (Å²) in [4.78, 5) is 21.9. The zero-order valence-corrected chi connectivity index (χ0v) is 11.7. The van der Waals surface area contributed by atoms with E-state index in [2.05, 4.69) is 14.9 Å². The number of carbonyl (C=O) groups is 1. The van der Waals surface area contributed by atoms with E-state index < -0.39 is 11.9 Å². The molecule has 1 rings (SSSR count). The summed E-state index contributed by atoms with van der Waals surface area (Å²) in [5.74, 6) is -0.626. The van der Waals surface area contributed by atoms with E-state index in [4.69, 9.17) is 5.11 Å². The lowest BCUT2D eigenvalue weighted by Gasteiger charge is -2.15. The van der Waals surface area contributed by atoms with Gasteiger partial charge in [-0.1, -0.05) is 0 Å². The molecule has 0 radical (unpaired) electrons. The molecular formula is C13H21N3O2. The summed E-state index contributed by atoms with van der Waals surface area (Å²) in [5, 5.41) is 9.07. The fraction of sp³-hybridized carbons (Fsp3) is 0.615. The summed E-state index contributed by atoms with van der Waals surface area (Å²) in [6.45, 7) is 6.25. The highest BCUT2D eigenvalue weighted by molar-refractivity contribution is 5.76. The number of rotatable bonds is 5. The van der Waals surface area contributed by atoms with Gasteiger partial charge in [-0.25, -0.2) is 9.97 Å². The molecule has 1 aromatic rings. The van der Waals surface area contributed by atoms with Crippen LogP contribution in [-0.4, -0.2) is 46.6 Å². The molecule has 18 heavy (non-hydrogen) atoms. The van der Waals surface area contributed by atoms with E-state index in [0.717, 1.165) is 35.7 Å². The van der Waals surface area contributed by atoms with Gasteiger partial charge in [0.2, 0.25) is 0 Å². The van der Waals surface area contributed by atoms with Crippen LogP contribution in [0.3, 0.4) is 0 Å². The molecule has 1 heterocycles. The predicted molar refractivity (Wildman–Crippen MR) is 69.8 cm³/mol. The van der Waals surface area contributed by atoms with Crippen molar-refractivity contribution < 1.29 is 9.90 Å². The molecule has 0 saturated carbocycles. The summed E-state index contributed by atoms with van der Waals surface area (Å²) >= 11 is 0. The van der Waals surface area contributed by atoms with Gasteiger partial charge in [-0.3, -0.25) is 4.79 Å². The molecule has 0 amide bonds. The second-order valence-corrected chi connectivity index (χ2v) is 4.84. The van der Waals surface area contributed by atoms with Gasteiger partial charge in [0, 0.05) is 29.9 Å². The van der Waals surface area contributed by atoms with Gasteiger partial charge < -0.3 is 10.0 Å². The molecule has 0 aliphatic rings. The van der Waals surface area contributed by atoms with E-state index in [-0.39, 0.29) is 0 Å². The maximum Gasteiger partial charge on any atom is 0.310 e. The predicted octanol–water partition coefficient (Wildman–Crippen LogP) is 1.39. The molecule has 1 aromatic heterocycles. The first kappa shape index (κ1) is 14.6. The van der Waals surface area contributed by atoms with Crippen molar-refractivity contribution in [2.75, 3.05) is 20.6 Å². The van der Waals surface area contributed by atoms with Crippen molar-refractivity contribution in [1.29, 1.82) is 0 Å². The SMILES string of the molecule is Cc1nc(CCN(C)C)nc(C)c1C(C)C(=O)O. The average Bonchev–Trinajstić information content (AvgIpc) is 2.25. The second kappa shape index (κ2) is 5.91. The van der Waals surface area contributed by atoms with E-state index in [9.17, 15) is 4.79 Å². The first-order chi connectivity index (χ1) is 8.32. The summed E-state index contributed by atoms with van der Waals surface area (Å²) in [5.41, 5.74) is 2.27. The molecule has 1 atom stereocenters. The van der Waals surface area contributed by atoms with Crippen LogP contribution < -0.4 is 0 Å². The lowest BCUT2D eigenvalue weighted by molar-refractivity contribution is -0.138. The van der Waals surface area contributed by atoms with Crippen molar-refractivity contribution in [3.63, 3.8) is 0 Å². The minimum absolute atomic E-state index is 0.562. The molecule has 1 N–H and O–H groups in total. The molecule has 0 aliphatic heterocycles. The summed E-state index contributed by atoms with van der Waals surface area (Å²) < 4.78 is 0. The molecule has 1 unspecified atom stereocenters. The highest BCUT2D eigenvalue weighted by atomic mass is 16.4. The Hall–Kier alpha value is -1.49. The zero-order valence-electron chi connectivity index (χ0n) is 11.7. The standard InChI is InChI=1S/C13H21N3O2/c1-8(13(17)18)12-9(2)14-11(15-10(12)3)6-7-16(4)5/h8H,6-7H2,1-5H3,(H,17,18). The van der Waals surface area contributed by atoms with E-state index in [1.165, 1.54) is 0 Å². The molecular weight excluding hydrogens is 230 g/mol. The van der Waals surface area contributed by atoms with Gasteiger partial charge in [0.15, 0.2) is 0 Å². The largest absolute Gasteiger partial charge is 0.481 e. The van der Waals surface area contributed by atoms with Crippen molar-refractivity contribution in [2.24, 2.45) is 0 Å². The second-order valence-electron chi connectivity index (χ2n) is 4.84. The van der Waals surface area contributed by atoms with Crippen LogP contribution in [0.5, 0.6) is 0 Å². The third-order valence-electron chi connectivity index (χ3n) is 2.96. The Morgan fingerprint density at radius 3 is 2.17 bits per heavy atom. The van der Waals surface area contributed by atoms with Crippen LogP contribution in [0.25, 0.3) is 0 Å². The van der Waals surface area contributed by atoms with Crippen LogP contribution in [0.1, 0.15) is 35.6 Å². The fourth-order valence-electron chi connectivity index (χ4n) is 1.98. The van der Waals surface area contributed by atoms with E-state index in [1.807, 2.05) is 27.9 Å². The number of aryl methyl sites for hydroxylation is 2. The number of hydrogen-bond acceptors (Lipinski definition) is 4. The van der Waals surface area contributed by atoms with Gasteiger partial charge in [-0.05, 0) is 34.9 Å². The van der Waals surface area contributed by atoms with Gasteiger partial charge in [0.25, 0.3) is 0 Å². The van der Waals surface area contributed by atoms with E-state index in [0.29, 0.717) is 0 Å². The summed E-state index contributed by atoms with van der Waals surface area (Å²) in [7, 11) is 4.00. The highest BCUT2D eigenvalue weighted by Gasteiger charge is 2.20. The van der Waals surface area contributed by atoms with Gasteiger partial charge in [0.05, 0.1) is 5.92 Å². The van der Waals surface area contributed by atoms with Crippen molar-refractivity contribution in [1.82, 2.24) is 14.9 Å². The number of carboxylic acids is 1. The third kappa shape index (κ3) is 3.50. The highest BCUT2D eigenvalue weighted by Crippen LogP contribution is 2.21. The summed E-state index contributed by atoms with van der Waals surface area (Å²) in [6.07, 6.45) is 0.774. The number of nitrogens with zero attached hydrogens (tertiary/aromatic N) is 3. The Labute approximate surface area is 108 Å². The molecule has 100 valence electrons. The Kier molecular flexibility index (Phi) is 4.78. The Morgan fingerprint density at radius 1 is 1.28 bits per heavy atom. The van der Waals surface area contributed by atoms with Crippen molar-refractivity contribution in [3.8, 4) is 0 Å². The van der Waals surface area contributed by atoms with Crippen LogP contribution in [0.2, 0.25) is 0 Å². The lowest BCUT2D eigenvalue weighted by atomic mass is 9.98. The first-order valence-corrected chi connectivity index (χ1v) is 6.04. The number of hydrogen-bond donors (Lipinski definition) is 1. The molecule has 0 fully saturated rings. The lowest BCUT2D eigenvalue weighted by Crippen LogP contribution is -2.18. The number of aromatic nitrogens is 2. The fourth-order valence-corrected chi connectivity index (χ4v) is 1.98. The molecule has 0 aromatic carbocycles. The molecule has 0 spiro atoms. The quantitative estimate of drug-likeness (QED) is 0.856. The van der Waals surface area contributed by atoms with Crippen LogP contribution in [0.4, 0.5) is 0 Å². The molecule has 0 aliphatic carbocycles. The number of carboxylic acid groups (broad SMARTS) is 1. The van der Waals surface area contributed by atoms with E-state index in [1.54, 1.807) is 6.92 Å². The maximum atomic E-state index is 11.0. The van der Waals surface area contributed by atoms with Gasteiger partial charge in [0.1, 0.15) is 5.82 Å². The van der Waals surface area contributed by atoms with Crippen LogP contribution in [-0.2, 0) is 11.2 Å². The van der Waals surface area contributed by atoms with Crippen molar-refractivity contribution in [2.45, 2.75) is 33.1 Å². The van der Waals surface area contributed by atoms with E-state index >= 15 is 0 Å². The monoisotopic (exact) mass is 251 g/mol. The van der Waals surface area contributed by atoms with Crippen LogP contribution in [0.15, 0.2) is 0 Å². The van der Waals surface area contributed by atoms with Crippen LogP contribution >= 0.6 is 0 Å². The van der Waals surface area contributed by atoms with Gasteiger partial charge in [-0.2, -0.15) is 0 Å². The van der Waals surface area contributed by atoms with Crippen molar-refractivity contribution in [3.05, 3.63) is 22.8 Å². The number of aliphatic carboxylic acids is 1. The molecule has 5 nitrogen and oxygen atoms in total. The molecule has 0 saturated heterocycles. The smallest absolute Gasteiger partial charge is 0.310 e. The average molecular weight is 251 g/mol. The van der Waals surface area contributed by atoms with Gasteiger partial charge >= 0.3 is 5.97 Å². The van der Waals surface area contributed by atoms with Crippen LogP contribution in [0, 0.1) is 13.8 Å². The Balaban J connectivity index is 3.01. The zero-order chi connectivity index (χ0) is 13.9. The number of likely N-dealkylation sites (N-methyl/N-ethyl adjacent to an activating group) is 1. The Bertz CT molecular complexity index is 421. The minimum Gasteiger partial charge on any atom is -0.481 e.